The average molecular weight is 563 g/mol. The maximum atomic E-state index is 13.2. The first-order valence-electron chi connectivity index (χ1n) is 13.2. The molecule has 210 valence electrons. The number of para-hydroxylation sites is 1. The predicted molar refractivity (Wildman–Crippen MR) is 161 cm³/mol. The van der Waals surface area contributed by atoms with Crippen molar-refractivity contribution in [3.63, 3.8) is 0 Å². The second-order valence-corrected chi connectivity index (χ2v) is 10.2. The monoisotopic (exact) mass is 562 g/mol. The fraction of sp³-hybridized carbons (Fsp3) is 0.310. The van der Waals surface area contributed by atoms with Crippen molar-refractivity contribution in [2.75, 3.05) is 36.2 Å². The van der Waals surface area contributed by atoms with E-state index >= 15 is 0 Å². The summed E-state index contributed by atoms with van der Waals surface area (Å²) in [7, 11) is 1.59. The minimum absolute atomic E-state index is 0.238. The van der Waals surface area contributed by atoms with E-state index in [4.69, 9.17) is 4.74 Å². The summed E-state index contributed by atoms with van der Waals surface area (Å²) < 4.78 is 5.10. The lowest BCUT2D eigenvalue weighted by Crippen LogP contribution is -2.50. The molecular formula is C29H34N6O4S. The molecule has 4 N–H and O–H groups in total. The average Bonchev–Trinajstić information content (AvgIpc) is 3.43. The standard InChI is InChI=1S/C29H34N6O4S/c1-3-7-26(35(37)38)28(31-15-16-39-2)33-21-8-6-9-22(18-21)34-29(36)27-25(13-17-40-27)32-19-20-12-14-30-24-11-5-4-10-23(20)24/h4-6,8-14,17-18,26,28,31-33H,3,7,15-16,19H2,1-2H3,(H,34,36). The van der Waals surface area contributed by atoms with Gasteiger partial charge in [-0.15, -0.1) is 11.3 Å². The van der Waals surface area contributed by atoms with E-state index in [1.54, 1.807) is 31.5 Å². The molecule has 2 heterocycles. The third-order valence-corrected chi connectivity index (χ3v) is 7.35. The van der Waals surface area contributed by atoms with E-state index in [1.807, 2.05) is 54.8 Å². The predicted octanol–water partition coefficient (Wildman–Crippen LogP) is 5.58. The number of nitrogens with zero attached hydrogens (tertiary/aromatic N) is 2. The quantitative estimate of drug-likeness (QED) is 0.0639. The van der Waals surface area contributed by atoms with Crippen LogP contribution < -0.4 is 21.3 Å². The lowest BCUT2D eigenvalue weighted by molar-refractivity contribution is -0.526. The number of anilines is 3. The molecule has 11 heteroatoms. The highest BCUT2D eigenvalue weighted by molar-refractivity contribution is 7.12. The molecule has 0 aliphatic carbocycles. The second-order valence-electron chi connectivity index (χ2n) is 9.25. The van der Waals surface area contributed by atoms with E-state index in [-0.39, 0.29) is 10.8 Å². The zero-order valence-electron chi connectivity index (χ0n) is 22.6. The van der Waals surface area contributed by atoms with Crippen LogP contribution in [-0.2, 0) is 11.3 Å². The molecule has 1 amide bonds. The van der Waals surface area contributed by atoms with Crippen molar-refractivity contribution in [1.82, 2.24) is 10.3 Å². The van der Waals surface area contributed by atoms with Gasteiger partial charge in [0.25, 0.3) is 5.91 Å². The molecule has 2 atom stereocenters. The van der Waals surface area contributed by atoms with Crippen LogP contribution in [0.2, 0.25) is 0 Å². The number of benzene rings is 2. The summed E-state index contributed by atoms with van der Waals surface area (Å²) in [5, 5.41) is 27.5. The zero-order chi connectivity index (χ0) is 28.3. The number of thiophene rings is 1. The van der Waals surface area contributed by atoms with Crippen LogP contribution in [0.25, 0.3) is 10.9 Å². The van der Waals surface area contributed by atoms with Gasteiger partial charge < -0.3 is 20.7 Å². The van der Waals surface area contributed by atoms with Gasteiger partial charge in [-0.25, -0.2) is 0 Å². The van der Waals surface area contributed by atoms with E-state index < -0.39 is 12.2 Å². The van der Waals surface area contributed by atoms with Crippen LogP contribution in [0.15, 0.2) is 72.2 Å². The number of ether oxygens (including phenoxy) is 1. The molecule has 40 heavy (non-hydrogen) atoms. The number of methoxy groups -OCH3 is 1. The Bertz CT molecular complexity index is 1420. The number of aromatic nitrogens is 1. The minimum atomic E-state index is -0.822. The lowest BCUT2D eigenvalue weighted by atomic mass is 10.1. The Morgan fingerprint density at radius 2 is 1.95 bits per heavy atom. The van der Waals surface area contributed by atoms with Gasteiger partial charge in [-0.1, -0.05) is 31.2 Å². The topological polar surface area (TPSA) is 130 Å². The number of fused-ring (bicyclic) bond motifs is 1. The molecule has 2 unspecified atom stereocenters. The molecule has 0 aliphatic rings. The molecule has 0 saturated heterocycles. The Labute approximate surface area is 237 Å². The highest BCUT2D eigenvalue weighted by atomic mass is 32.1. The Kier molecular flexibility index (Phi) is 10.4. The third-order valence-electron chi connectivity index (χ3n) is 6.43. The first kappa shape index (κ1) is 28.9. The third kappa shape index (κ3) is 7.53. The number of carbonyl (C=O) groups is 1. The number of rotatable bonds is 15. The van der Waals surface area contributed by atoms with Crippen molar-refractivity contribution in [3.05, 3.63) is 92.8 Å². The van der Waals surface area contributed by atoms with E-state index in [0.29, 0.717) is 48.8 Å². The van der Waals surface area contributed by atoms with Crippen LogP contribution >= 0.6 is 11.3 Å². The lowest BCUT2D eigenvalue weighted by Gasteiger charge is -2.24. The van der Waals surface area contributed by atoms with Gasteiger partial charge in [0.05, 0.1) is 17.8 Å². The number of nitro groups is 1. The van der Waals surface area contributed by atoms with Gasteiger partial charge in [0.2, 0.25) is 6.04 Å². The maximum absolute atomic E-state index is 13.2. The molecule has 0 aliphatic heterocycles. The second kappa shape index (κ2) is 14.4. The Hall–Kier alpha value is -4.06. The summed E-state index contributed by atoms with van der Waals surface area (Å²) in [5.41, 5.74) is 4.00. The summed E-state index contributed by atoms with van der Waals surface area (Å²) in [6.07, 6.45) is 2.29. The molecule has 0 radical (unpaired) electrons. The SMILES string of the molecule is CCCC(C(NCCOC)Nc1cccc(NC(=O)c2sccc2NCc2ccnc3ccccc23)c1)[N+](=O)[O-]. The summed E-state index contributed by atoms with van der Waals surface area (Å²) in [5.74, 6) is -0.238. The summed E-state index contributed by atoms with van der Waals surface area (Å²) >= 11 is 1.35. The number of amides is 1. The number of pyridine rings is 1. The largest absolute Gasteiger partial charge is 0.383 e. The number of hydrogen-bond acceptors (Lipinski definition) is 9. The van der Waals surface area contributed by atoms with E-state index in [9.17, 15) is 14.9 Å². The van der Waals surface area contributed by atoms with Gasteiger partial charge in [-0.3, -0.25) is 25.2 Å². The molecule has 4 aromatic rings. The number of carbonyl (C=O) groups excluding carboxylic acids is 1. The van der Waals surface area contributed by atoms with Crippen LogP contribution in [0.5, 0.6) is 0 Å². The molecule has 10 nitrogen and oxygen atoms in total. The molecule has 2 aromatic heterocycles. The van der Waals surface area contributed by atoms with Crippen molar-refractivity contribution in [2.24, 2.45) is 0 Å². The van der Waals surface area contributed by atoms with Crippen molar-refractivity contribution in [1.29, 1.82) is 0 Å². The van der Waals surface area contributed by atoms with Gasteiger partial charge >= 0.3 is 0 Å². The summed E-state index contributed by atoms with van der Waals surface area (Å²) in [6, 6.07) is 18.2. The molecule has 2 aromatic carbocycles. The van der Waals surface area contributed by atoms with Crippen LogP contribution in [0.1, 0.15) is 35.0 Å². The molecule has 0 saturated carbocycles. The first-order valence-corrected chi connectivity index (χ1v) is 14.1. The van der Waals surface area contributed by atoms with E-state index in [0.717, 1.165) is 22.2 Å². The van der Waals surface area contributed by atoms with Crippen molar-refractivity contribution < 1.29 is 14.5 Å². The van der Waals surface area contributed by atoms with Crippen LogP contribution in [0, 0.1) is 10.1 Å². The van der Waals surface area contributed by atoms with Crippen LogP contribution in [0.3, 0.4) is 0 Å². The van der Waals surface area contributed by atoms with Crippen molar-refractivity contribution >= 4 is 45.2 Å². The summed E-state index contributed by atoms with van der Waals surface area (Å²) in [4.78, 5) is 29.7. The van der Waals surface area contributed by atoms with Gasteiger partial charge in [-0.2, -0.15) is 0 Å². The Morgan fingerprint density at radius 3 is 2.75 bits per heavy atom. The highest BCUT2D eigenvalue weighted by Gasteiger charge is 2.30. The van der Waals surface area contributed by atoms with Crippen molar-refractivity contribution in [3.8, 4) is 0 Å². The van der Waals surface area contributed by atoms with Crippen LogP contribution in [0.4, 0.5) is 17.1 Å². The number of hydrogen-bond donors (Lipinski definition) is 4. The van der Waals surface area contributed by atoms with Gasteiger partial charge in [0.15, 0.2) is 0 Å². The van der Waals surface area contributed by atoms with Crippen LogP contribution in [-0.4, -0.2) is 48.3 Å². The van der Waals surface area contributed by atoms with Crippen molar-refractivity contribution in [2.45, 2.75) is 38.5 Å². The highest BCUT2D eigenvalue weighted by Crippen LogP contribution is 2.26. The van der Waals surface area contributed by atoms with Gasteiger partial charge in [0, 0.05) is 54.5 Å². The minimum Gasteiger partial charge on any atom is -0.383 e. The summed E-state index contributed by atoms with van der Waals surface area (Å²) in [6.45, 7) is 3.36. The molecule has 0 bridgehead atoms. The molecule has 0 fully saturated rings. The normalized spacial score (nSPS) is 12.6. The zero-order valence-corrected chi connectivity index (χ0v) is 23.4. The first-order chi connectivity index (χ1) is 19.5. The molecule has 0 spiro atoms. The maximum Gasteiger partial charge on any atom is 0.267 e. The van der Waals surface area contributed by atoms with E-state index in [1.165, 1.54) is 11.3 Å². The Morgan fingerprint density at radius 1 is 1.12 bits per heavy atom. The fourth-order valence-corrected chi connectivity index (χ4v) is 5.23. The van der Waals surface area contributed by atoms with E-state index in [2.05, 4.69) is 26.3 Å². The Balaban J connectivity index is 1.44. The van der Waals surface area contributed by atoms with Gasteiger partial charge in [0.1, 0.15) is 11.0 Å². The fourth-order valence-electron chi connectivity index (χ4n) is 4.47. The molecular weight excluding hydrogens is 528 g/mol. The smallest absolute Gasteiger partial charge is 0.267 e. The van der Waals surface area contributed by atoms with Gasteiger partial charge in [-0.05, 0) is 53.8 Å². The molecule has 4 rings (SSSR count). The number of nitrogens with one attached hydrogen (secondary N) is 4.